The number of benzene rings is 1. The van der Waals surface area contributed by atoms with E-state index in [-0.39, 0.29) is 12.2 Å². The maximum Gasteiger partial charge on any atom is 0.251 e. The highest BCUT2D eigenvalue weighted by atomic mass is 16.7. The number of rotatable bonds is 8. The Morgan fingerprint density at radius 2 is 1.95 bits per heavy atom. The molecule has 1 rings (SSSR count). The van der Waals surface area contributed by atoms with E-state index in [1.54, 1.807) is 32.4 Å². The van der Waals surface area contributed by atoms with E-state index in [0.717, 1.165) is 18.4 Å². The van der Waals surface area contributed by atoms with Gasteiger partial charge in [-0.05, 0) is 24.1 Å². The molecular formula is C15H21NO3. The number of amides is 1. The highest BCUT2D eigenvalue weighted by Crippen LogP contribution is 2.06. The molecule has 4 heteroatoms. The standard InChI is InChI=1S/C15H21NO3/c1-4-12-7-9-13(10-8-12)15(17)16-11-5-6-14(18-2)19-3/h4,7-10,14H,1,5-6,11H2,2-3H3,(H,16,17). The van der Waals surface area contributed by atoms with Crippen molar-refractivity contribution in [3.8, 4) is 0 Å². The van der Waals surface area contributed by atoms with Crippen molar-refractivity contribution in [2.75, 3.05) is 20.8 Å². The van der Waals surface area contributed by atoms with Crippen LogP contribution < -0.4 is 5.32 Å². The average molecular weight is 263 g/mol. The molecule has 104 valence electrons. The average Bonchev–Trinajstić information content (AvgIpc) is 2.47. The molecule has 0 atom stereocenters. The molecule has 1 aromatic carbocycles. The Kier molecular flexibility index (Phi) is 6.85. The van der Waals surface area contributed by atoms with E-state index in [2.05, 4.69) is 11.9 Å². The van der Waals surface area contributed by atoms with Gasteiger partial charge in [0.05, 0.1) is 0 Å². The van der Waals surface area contributed by atoms with Crippen molar-refractivity contribution in [3.63, 3.8) is 0 Å². The second kappa shape index (κ2) is 8.45. The predicted octanol–water partition coefficient (Wildman–Crippen LogP) is 2.46. The van der Waals surface area contributed by atoms with Gasteiger partial charge < -0.3 is 14.8 Å². The van der Waals surface area contributed by atoms with Crippen LogP contribution in [0.1, 0.15) is 28.8 Å². The Morgan fingerprint density at radius 1 is 1.32 bits per heavy atom. The molecule has 1 aromatic rings. The molecule has 0 heterocycles. The molecule has 0 saturated heterocycles. The quantitative estimate of drug-likeness (QED) is 0.579. The summed E-state index contributed by atoms with van der Waals surface area (Å²) < 4.78 is 10.1. The monoisotopic (exact) mass is 263 g/mol. The van der Waals surface area contributed by atoms with Crippen molar-refractivity contribution in [1.29, 1.82) is 0 Å². The lowest BCUT2D eigenvalue weighted by atomic mass is 10.1. The number of carbonyl (C=O) groups is 1. The zero-order chi connectivity index (χ0) is 14.1. The molecule has 0 bridgehead atoms. The van der Waals surface area contributed by atoms with Crippen molar-refractivity contribution in [1.82, 2.24) is 5.32 Å². The first-order valence-electron chi connectivity index (χ1n) is 6.27. The van der Waals surface area contributed by atoms with Crippen molar-refractivity contribution in [2.45, 2.75) is 19.1 Å². The summed E-state index contributed by atoms with van der Waals surface area (Å²) >= 11 is 0. The highest BCUT2D eigenvalue weighted by molar-refractivity contribution is 5.94. The molecule has 1 amide bonds. The molecular weight excluding hydrogens is 242 g/mol. The first-order chi connectivity index (χ1) is 9.21. The molecule has 0 saturated carbocycles. The van der Waals surface area contributed by atoms with Gasteiger partial charge in [0, 0.05) is 32.7 Å². The summed E-state index contributed by atoms with van der Waals surface area (Å²) in [7, 11) is 3.21. The smallest absolute Gasteiger partial charge is 0.251 e. The summed E-state index contributed by atoms with van der Waals surface area (Å²) in [6, 6.07) is 7.32. The Labute approximate surface area is 114 Å². The molecule has 0 unspecified atom stereocenters. The zero-order valence-electron chi connectivity index (χ0n) is 11.5. The van der Waals surface area contributed by atoms with Crippen LogP contribution in [0.2, 0.25) is 0 Å². The number of hydrogen-bond acceptors (Lipinski definition) is 3. The minimum absolute atomic E-state index is 0.0676. The SMILES string of the molecule is C=Cc1ccc(C(=O)NCCCC(OC)OC)cc1. The molecule has 1 N–H and O–H groups in total. The Morgan fingerprint density at radius 3 is 2.47 bits per heavy atom. The van der Waals surface area contributed by atoms with E-state index in [1.807, 2.05) is 12.1 Å². The van der Waals surface area contributed by atoms with E-state index < -0.39 is 0 Å². The molecule has 0 aliphatic heterocycles. The first-order valence-corrected chi connectivity index (χ1v) is 6.27. The Bertz CT molecular complexity index is 396. The summed E-state index contributed by atoms with van der Waals surface area (Å²) in [5.74, 6) is -0.0676. The molecule has 19 heavy (non-hydrogen) atoms. The third kappa shape index (κ3) is 5.24. The molecule has 0 spiro atoms. The minimum atomic E-state index is -0.205. The fourth-order valence-electron chi connectivity index (χ4n) is 1.68. The third-order valence-electron chi connectivity index (χ3n) is 2.84. The van der Waals surface area contributed by atoms with Gasteiger partial charge in [-0.2, -0.15) is 0 Å². The van der Waals surface area contributed by atoms with Gasteiger partial charge >= 0.3 is 0 Å². The summed E-state index contributed by atoms with van der Waals surface area (Å²) in [6.07, 6.45) is 3.10. The summed E-state index contributed by atoms with van der Waals surface area (Å²) in [6.45, 7) is 4.28. The van der Waals surface area contributed by atoms with Crippen molar-refractivity contribution in [2.24, 2.45) is 0 Å². The van der Waals surface area contributed by atoms with Crippen LogP contribution in [0.25, 0.3) is 6.08 Å². The number of carbonyl (C=O) groups excluding carboxylic acids is 1. The van der Waals surface area contributed by atoms with Crippen molar-refractivity contribution >= 4 is 12.0 Å². The van der Waals surface area contributed by atoms with Crippen LogP contribution in [0, 0.1) is 0 Å². The first kappa shape index (κ1) is 15.4. The molecule has 0 aliphatic carbocycles. The number of methoxy groups -OCH3 is 2. The van der Waals surface area contributed by atoms with E-state index in [4.69, 9.17) is 9.47 Å². The van der Waals surface area contributed by atoms with Crippen molar-refractivity contribution in [3.05, 3.63) is 42.0 Å². The van der Waals surface area contributed by atoms with Gasteiger partial charge in [-0.25, -0.2) is 0 Å². The van der Waals surface area contributed by atoms with Gasteiger partial charge in [0.25, 0.3) is 5.91 Å². The molecule has 0 aromatic heterocycles. The Hall–Kier alpha value is -1.65. The van der Waals surface area contributed by atoms with Crippen LogP contribution in [-0.4, -0.2) is 33.0 Å². The third-order valence-corrected chi connectivity index (χ3v) is 2.84. The summed E-state index contributed by atoms with van der Waals surface area (Å²) in [5.41, 5.74) is 1.65. The lowest BCUT2D eigenvalue weighted by Gasteiger charge is -2.13. The second-order valence-corrected chi connectivity index (χ2v) is 4.13. The van der Waals surface area contributed by atoms with Crippen LogP contribution in [0.3, 0.4) is 0 Å². The normalized spacial score (nSPS) is 10.5. The number of nitrogens with one attached hydrogen (secondary N) is 1. The fourth-order valence-corrected chi connectivity index (χ4v) is 1.68. The van der Waals surface area contributed by atoms with Gasteiger partial charge in [0.2, 0.25) is 0 Å². The largest absolute Gasteiger partial charge is 0.356 e. The van der Waals surface area contributed by atoms with E-state index in [0.29, 0.717) is 12.1 Å². The minimum Gasteiger partial charge on any atom is -0.356 e. The van der Waals surface area contributed by atoms with E-state index in [9.17, 15) is 4.79 Å². The Balaban J connectivity index is 2.32. The van der Waals surface area contributed by atoms with Crippen LogP contribution in [0.5, 0.6) is 0 Å². The zero-order valence-corrected chi connectivity index (χ0v) is 11.5. The highest BCUT2D eigenvalue weighted by Gasteiger charge is 2.06. The summed E-state index contributed by atoms with van der Waals surface area (Å²) in [5, 5.41) is 2.86. The topological polar surface area (TPSA) is 47.6 Å². The van der Waals surface area contributed by atoms with Crippen LogP contribution in [0.4, 0.5) is 0 Å². The van der Waals surface area contributed by atoms with Crippen molar-refractivity contribution < 1.29 is 14.3 Å². The lowest BCUT2D eigenvalue weighted by molar-refractivity contribution is -0.106. The maximum atomic E-state index is 11.8. The second-order valence-electron chi connectivity index (χ2n) is 4.13. The van der Waals surface area contributed by atoms with Crippen LogP contribution in [0.15, 0.2) is 30.8 Å². The summed E-state index contributed by atoms with van der Waals surface area (Å²) in [4.78, 5) is 11.8. The molecule has 4 nitrogen and oxygen atoms in total. The van der Waals surface area contributed by atoms with E-state index >= 15 is 0 Å². The van der Waals surface area contributed by atoms with Gasteiger partial charge in [0.1, 0.15) is 0 Å². The van der Waals surface area contributed by atoms with Gasteiger partial charge in [0.15, 0.2) is 6.29 Å². The van der Waals surface area contributed by atoms with Crippen LogP contribution >= 0.6 is 0 Å². The van der Waals surface area contributed by atoms with E-state index in [1.165, 1.54) is 0 Å². The fraction of sp³-hybridized carbons (Fsp3) is 0.400. The molecule has 0 fully saturated rings. The molecule has 0 radical (unpaired) electrons. The van der Waals surface area contributed by atoms with Gasteiger partial charge in [-0.15, -0.1) is 0 Å². The van der Waals surface area contributed by atoms with Crippen LogP contribution in [-0.2, 0) is 9.47 Å². The predicted molar refractivity (Wildman–Crippen MR) is 75.9 cm³/mol. The molecule has 0 aliphatic rings. The number of ether oxygens (including phenoxy) is 2. The van der Waals surface area contributed by atoms with Gasteiger partial charge in [-0.3, -0.25) is 4.79 Å². The maximum absolute atomic E-state index is 11.8. The number of hydrogen-bond donors (Lipinski definition) is 1. The lowest BCUT2D eigenvalue weighted by Crippen LogP contribution is -2.25. The van der Waals surface area contributed by atoms with Gasteiger partial charge in [-0.1, -0.05) is 24.8 Å².